The average molecular weight is 459 g/mol. The molecule has 2 aromatic carbocycles. The fourth-order valence-electron chi connectivity index (χ4n) is 3.35. The Bertz CT molecular complexity index is 1100. The van der Waals surface area contributed by atoms with E-state index in [9.17, 15) is 14.4 Å². The molecule has 1 aliphatic heterocycles. The topological polar surface area (TPSA) is 118 Å². The molecule has 0 aromatic heterocycles. The number of methoxy groups -OCH3 is 2. The summed E-state index contributed by atoms with van der Waals surface area (Å²) in [5.41, 5.74) is 2.34. The highest BCUT2D eigenvalue weighted by Crippen LogP contribution is 2.37. The van der Waals surface area contributed by atoms with Crippen molar-refractivity contribution in [1.29, 1.82) is 0 Å². The zero-order valence-corrected chi connectivity index (χ0v) is 18.7. The van der Waals surface area contributed by atoms with Crippen LogP contribution < -0.4 is 30.7 Å². The highest BCUT2D eigenvalue weighted by Gasteiger charge is 2.31. The van der Waals surface area contributed by atoms with Gasteiger partial charge in [0.05, 0.1) is 36.5 Å². The maximum Gasteiger partial charge on any atom is 0.319 e. The van der Waals surface area contributed by atoms with E-state index in [4.69, 9.17) is 21.1 Å². The number of carbonyl (C=O) groups excluding carboxylic acids is 3. The molecule has 0 spiro atoms. The molecule has 1 heterocycles. The Morgan fingerprint density at radius 2 is 1.69 bits per heavy atom. The Hall–Kier alpha value is -3.72. The van der Waals surface area contributed by atoms with Crippen molar-refractivity contribution < 1.29 is 23.9 Å². The fraction of sp³-hybridized carbons (Fsp3) is 0.227. The van der Waals surface area contributed by atoms with Gasteiger partial charge in [0, 0.05) is 30.4 Å². The molecular weight excluding hydrogens is 436 g/mol. The summed E-state index contributed by atoms with van der Waals surface area (Å²) in [6, 6.07) is 8.81. The molecule has 0 aliphatic carbocycles. The number of carbonyl (C=O) groups is 3. The lowest BCUT2D eigenvalue weighted by molar-refractivity contribution is -0.114. The van der Waals surface area contributed by atoms with Crippen LogP contribution in [-0.2, 0) is 9.59 Å². The third-order valence-corrected chi connectivity index (χ3v) is 5.10. The van der Waals surface area contributed by atoms with Gasteiger partial charge in [-0.2, -0.15) is 0 Å². The van der Waals surface area contributed by atoms with Crippen molar-refractivity contribution in [2.75, 3.05) is 24.9 Å². The number of urea groups is 1. The van der Waals surface area contributed by atoms with Gasteiger partial charge in [0.15, 0.2) is 0 Å². The average Bonchev–Trinajstić information content (AvgIpc) is 2.74. The number of hydrogen-bond acceptors (Lipinski definition) is 5. The quantitative estimate of drug-likeness (QED) is 0.527. The molecule has 4 N–H and O–H groups in total. The zero-order chi connectivity index (χ0) is 23.4. The minimum Gasteiger partial charge on any atom is -0.495 e. The van der Waals surface area contributed by atoms with Crippen LogP contribution in [0.5, 0.6) is 11.5 Å². The number of allylic oxidation sites excluding steroid dienone is 1. The Morgan fingerprint density at radius 3 is 2.28 bits per heavy atom. The predicted molar refractivity (Wildman–Crippen MR) is 121 cm³/mol. The van der Waals surface area contributed by atoms with Crippen molar-refractivity contribution in [2.24, 2.45) is 0 Å². The molecule has 10 heteroatoms. The SMILES string of the molecule is COc1cc(NC(=O)C2=C(C)NC(=O)NC2c2ccc(NC(C)=O)cc2)c(OC)cc1Cl. The van der Waals surface area contributed by atoms with Crippen LogP contribution in [-0.4, -0.2) is 32.1 Å². The van der Waals surface area contributed by atoms with Gasteiger partial charge in [-0.1, -0.05) is 23.7 Å². The first-order valence-corrected chi connectivity index (χ1v) is 10.00. The molecule has 1 unspecified atom stereocenters. The molecule has 32 heavy (non-hydrogen) atoms. The van der Waals surface area contributed by atoms with Crippen molar-refractivity contribution >= 4 is 40.8 Å². The zero-order valence-electron chi connectivity index (χ0n) is 18.0. The molecule has 3 rings (SSSR count). The molecular formula is C22H23ClN4O5. The number of nitrogens with one attached hydrogen (secondary N) is 4. The normalized spacial score (nSPS) is 15.4. The maximum atomic E-state index is 13.3. The Labute approximate surface area is 190 Å². The smallest absolute Gasteiger partial charge is 0.319 e. The molecule has 4 amide bonds. The van der Waals surface area contributed by atoms with Crippen molar-refractivity contribution in [3.05, 3.63) is 58.3 Å². The minimum absolute atomic E-state index is 0.198. The molecule has 0 bridgehead atoms. The summed E-state index contributed by atoms with van der Waals surface area (Å²) in [5, 5.41) is 11.2. The van der Waals surface area contributed by atoms with Crippen LogP contribution in [0.3, 0.4) is 0 Å². The monoisotopic (exact) mass is 458 g/mol. The summed E-state index contributed by atoms with van der Waals surface area (Å²) in [7, 11) is 2.92. The Balaban J connectivity index is 1.95. The molecule has 2 aromatic rings. The van der Waals surface area contributed by atoms with E-state index in [0.29, 0.717) is 44.7 Å². The number of benzene rings is 2. The highest BCUT2D eigenvalue weighted by molar-refractivity contribution is 6.32. The number of amides is 4. The first kappa shape index (κ1) is 23.0. The first-order valence-electron chi connectivity index (χ1n) is 9.62. The summed E-state index contributed by atoms with van der Waals surface area (Å²) < 4.78 is 10.5. The molecule has 1 atom stereocenters. The summed E-state index contributed by atoms with van der Waals surface area (Å²) in [5.74, 6) is 0.0738. The highest BCUT2D eigenvalue weighted by atomic mass is 35.5. The number of halogens is 1. The Kier molecular flexibility index (Phi) is 6.89. The fourth-order valence-corrected chi connectivity index (χ4v) is 3.59. The number of ether oxygens (including phenoxy) is 2. The summed E-state index contributed by atoms with van der Waals surface area (Å²) >= 11 is 6.14. The van der Waals surface area contributed by atoms with Crippen LogP contribution in [0.15, 0.2) is 47.7 Å². The summed E-state index contributed by atoms with van der Waals surface area (Å²) in [4.78, 5) is 36.7. The van der Waals surface area contributed by atoms with Gasteiger partial charge in [-0.05, 0) is 24.6 Å². The standard InChI is InChI=1S/C22H23ClN4O5/c1-11-19(21(29)26-16-10-17(31-3)15(23)9-18(16)32-4)20(27-22(30)24-11)13-5-7-14(8-6-13)25-12(2)28/h5-10,20H,1-4H3,(H,25,28)(H,26,29)(H2,24,27,30). The third-order valence-electron chi connectivity index (χ3n) is 4.80. The predicted octanol–water partition coefficient (Wildman–Crippen LogP) is 3.58. The van der Waals surface area contributed by atoms with Gasteiger partial charge in [0.25, 0.3) is 5.91 Å². The summed E-state index contributed by atoms with van der Waals surface area (Å²) in [6.07, 6.45) is 0. The van der Waals surface area contributed by atoms with E-state index in [-0.39, 0.29) is 5.91 Å². The second kappa shape index (κ2) is 9.61. The van der Waals surface area contributed by atoms with E-state index in [0.717, 1.165) is 0 Å². The van der Waals surface area contributed by atoms with Crippen LogP contribution in [0.2, 0.25) is 5.02 Å². The molecule has 0 saturated carbocycles. The molecule has 1 aliphatic rings. The van der Waals surface area contributed by atoms with E-state index in [2.05, 4.69) is 21.3 Å². The van der Waals surface area contributed by atoms with Gasteiger partial charge in [0.2, 0.25) is 5.91 Å². The molecule has 0 saturated heterocycles. The second-order valence-corrected chi connectivity index (χ2v) is 7.42. The van der Waals surface area contributed by atoms with Crippen molar-refractivity contribution in [3.63, 3.8) is 0 Å². The van der Waals surface area contributed by atoms with E-state index >= 15 is 0 Å². The lowest BCUT2D eigenvalue weighted by atomic mass is 9.94. The largest absolute Gasteiger partial charge is 0.495 e. The van der Waals surface area contributed by atoms with Gasteiger partial charge in [-0.15, -0.1) is 0 Å². The van der Waals surface area contributed by atoms with E-state index in [1.54, 1.807) is 37.3 Å². The maximum absolute atomic E-state index is 13.3. The van der Waals surface area contributed by atoms with Gasteiger partial charge in [-0.25, -0.2) is 4.79 Å². The van der Waals surface area contributed by atoms with E-state index < -0.39 is 18.0 Å². The second-order valence-electron chi connectivity index (χ2n) is 7.01. The molecule has 168 valence electrons. The van der Waals surface area contributed by atoms with E-state index in [1.807, 2.05) is 0 Å². The minimum atomic E-state index is -0.713. The van der Waals surface area contributed by atoms with Crippen molar-refractivity contribution in [1.82, 2.24) is 10.6 Å². The third kappa shape index (κ3) is 4.94. The number of rotatable bonds is 6. The van der Waals surface area contributed by atoms with Crippen LogP contribution in [0.25, 0.3) is 0 Å². The van der Waals surface area contributed by atoms with Crippen molar-refractivity contribution in [3.8, 4) is 11.5 Å². The van der Waals surface area contributed by atoms with Gasteiger partial charge in [0.1, 0.15) is 11.5 Å². The Morgan fingerprint density at radius 1 is 1.03 bits per heavy atom. The van der Waals surface area contributed by atoms with Gasteiger partial charge in [-0.3, -0.25) is 9.59 Å². The first-order chi connectivity index (χ1) is 15.2. The van der Waals surface area contributed by atoms with Crippen LogP contribution in [0, 0.1) is 0 Å². The van der Waals surface area contributed by atoms with Crippen LogP contribution >= 0.6 is 11.6 Å². The van der Waals surface area contributed by atoms with Gasteiger partial charge >= 0.3 is 6.03 Å². The van der Waals surface area contributed by atoms with E-state index in [1.165, 1.54) is 27.2 Å². The molecule has 0 fully saturated rings. The van der Waals surface area contributed by atoms with Crippen LogP contribution in [0.4, 0.5) is 16.2 Å². The summed E-state index contributed by atoms with van der Waals surface area (Å²) in [6.45, 7) is 3.06. The van der Waals surface area contributed by atoms with Crippen LogP contribution in [0.1, 0.15) is 25.5 Å². The molecule has 9 nitrogen and oxygen atoms in total. The van der Waals surface area contributed by atoms with Crippen molar-refractivity contribution in [2.45, 2.75) is 19.9 Å². The van der Waals surface area contributed by atoms with Gasteiger partial charge < -0.3 is 30.7 Å². The number of anilines is 2. The number of hydrogen-bond donors (Lipinski definition) is 4. The molecule has 0 radical (unpaired) electrons. The lowest BCUT2D eigenvalue weighted by Gasteiger charge is -2.29. The lowest BCUT2D eigenvalue weighted by Crippen LogP contribution is -2.46.